The van der Waals surface area contributed by atoms with Crippen LogP contribution < -0.4 is 0 Å². The maximum Gasteiger partial charge on any atom is 0.345 e. The van der Waals surface area contributed by atoms with Crippen molar-refractivity contribution in [2.45, 2.75) is 224 Å². The zero-order valence-corrected chi connectivity index (χ0v) is 35.3. The van der Waals surface area contributed by atoms with E-state index in [0.29, 0.717) is 6.42 Å². The lowest BCUT2D eigenvalue weighted by atomic mass is 10.0. The van der Waals surface area contributed by atoms with Crippen molar-refractivity contribution in [3.8, 4) is 0 Å². The van der Waals surface area contributed by atoms with Gasteiger partial charge in [0.15, 0.2) is 0 Å². The van der Waals surface area contributed by atoms with Gasteiger partial charge in [0.25, 0.3) is 10.1 Å². The molecule has 7 nitrogen and oxygen atoms in total. The first kappa shape index (κ1) is 49.6. The summed E-state index contributed by atoms with van der Waals surface area (Å²) in [5.41, 5.74) is -0.833. The predicted molar refractivity (Wildman–Crippen MR) is 224 cm³/mol. The van der Waals surface area contributed by atoms with E-state index in [2.05, 4.69) is 13.8 Å². The molecule has 8 heteroatoms. The van der Waals surface area contributed by atoms with Crippen molar-refractivity contribution in [1.82, 2.24) is 0 Å². The summed E-state index contributed by atoms with van der Waals surface area (Å²) in [5, 5.41) is 0. The lowest BCUT2D eigenvalue weighted by Gasteiger charge is -2.10. The van der Waals surface area contributed by atoms with Gasteiger partial charge < -0.3 is 9.47 Å². The summed E-state index contributed by atoms with van der Waals surface area (Å²) in [5.74, 6) is -1.95. The van der Waals surface area contributed by atoms with Gasteiger partial charge in [-0.15, -0.1) is 0 Å². The van der Waals surface area contributed by atoms with E-state index >= 15 is 0 Å². The predicted octanol–water partition coefficient (Wildman–Crippen LogP) is 14.8. The lowest BCUT2D eigenvalue weighted by molar-refractivity contribution is 0.0614. The molecule has 310 valence electrons. The van der Waals surface area contributed by atoms with E-state index in [1.807, 2.05) is 0 Å². The molecule has 0 aliphatic heterocycles. The molecule has 0 aliphatic carbocycles. The monoisotopic (exact) mass is 775 g/mol. The third-order valence-electron chi connectivity index (χ3n) is 10.2. The van der Waals surface area contributed by atoms with Crippen LogP contribution >= 0.6 is 0 Å². The number of ether oxygens (including phenoxy) is 2. The van der Waals surface area contributed by atoms with Crippen LogP contribution in [0.2, 0.25) is 0 Å². The van der Waals surface area contributed by atoms with E-state index in [-0.39, 0.29) is 5.56 Å². The normalized spacial score (nSPS) is 11.9. The molecule has 0 fully saturated rings. The number of carbonyl (C=O) groups excluding carboxylic acids is 2. The summed E-state index contributed by atoms with van der Waals surface area (Å²) in [7, 11) is -4.80. The summed E-state index contributed by atoms with van der Waals surface area (Å²) in [4.78, 5) is 25.2. The Kier molecular flexibility index (Phi) is 32.1. The molecule has 0 spiro atoms. The van der Waals surface area contributed by atoms with Crippen molar-refractivity contribution in [3.63, 3.8) is 0 Å². The van der Waals surface area contributed by atoms with E-state index in [0.717, 1.165) is 38.2 Å². The third kappa shape index (κ3) is 27.2. The Morgan fingerprint density at radius 2 is 0.815 bits per heavy atom. The van der Waals surface area contributed by atoms with Crippen LogP contribution in [0.4, 0.5) is 0 Å². The van der Waals surface area contributed by atoms with E-state index in [1.54, 1.807) is 12.2 Å². The molecule has 0 saturated carbocycles. The van der Waals surface area contributed by atoms with Crippen molar-refractivity contribution in [3.05, 3.63) is 54.0 Å². The average Bonchev–Trinajstić information content (AvgIpc) is 3.16. The van der Waals surface area contributed by atoms with Crippen molar-refractivity contribution in [1.29, 1.82) is 0 Å². The fourth-order valence-electron chi connectivity index (χ4n) is 6.87. The zero-order valence-electron chi connectivity index (χ0n) is 34.5. The van der Waals surface area contributed by atoms with Gasteiger partial charge in [-0.25, -0.2) is 9.59 Å². The number of hydrogen-bond acceptors (Lipinski definition) is 6. The van der Waals surface area contributed by atoms with Crippen LogP contribution in [0.5, 0.6) is 0 Å². The van der Waals surface area contributed by atoms with E-state index in [9.17, 15) is 22.6 Å². The summed E-state index contributed by atoms with van der Waals surface area (Å²) in [6.07, 6.45) is 46.2. The summed E-state index contributed by atoms with van der Waals surface area (Å²) >= 11 is 0. The van der Waals surface area contributed by atoms with Crippen LogP contribution in [0.25, 0.3) is 0 Å². The molecule has 0 bridgehead atoms. The van der Waals surface area contributed by atoms with Crippen molar-refractivity contribution < 1.29 is 32.0 Å². The molecular formula is C46H78O7S. The maximum atomic E-state index is 13.0. The van der Waals surface area contributed by atoms with Gasteiger partial charge in [-0.05, 0) is 50.0 Å². The average molecular weight is 775 g/mol. The molecule has 0 unspecified atom stereocenters. The van der Waals surface area contributed by atoms with Gasteiger partial charge in [-0.2, -0.15) is 8.42 Å². The van der Waals surface area contributed by atoms with Gasteiger partial charge >= 0.3 is 11.9 Å². The van der Waals surface area contributed by atoms with Gasteiger partial charge in [0, 0.05) is 0 Å². The molecule has 0 radical (unpaired) electrons. The molecule has 1 aromatic carbocycles. The van der Waals surface area contributed by atoms with Crippen LogP contribution in [0.3, 0.4) is 0 Å². The van der Waals surface area contributed by atoms with Gasteiger partial charge in [0.2, 0.25) is 0 Å². The van der Waals surface area contributed by atoms with Crippen LogP contribution in [0.15, 0.2) is 47.8 Å². The highest BCUT2D eigenvalue weighted by molar-refractivity contribution is 7.86. The van der Waals surface area contributed by atoms with E-state index < -0.39 is 32.5 Å². The van der Waals surface area contributed by atoms with E-state index in [4.69, 9.17) is 9.47 Å². The van der Waals surface area contributed by atoms with Gasteiger partial charge in [-0.1, -0.05) is 200 Å². The highest BCUT2D eigenvalue weighted by atomic mass is 32.2. The molecule has 54 heavy (non-hydrogen) atoms. The topological polar surface area (TPSA) is 107 Å². The molecule has 1 N–H and O–H groups in total. The Morgan fingerprint density at radius 1 is 0.500 bits per heavy atom. The Labute approximate surface area is 331 Å². The van der Waals surface area contributed by atoms with Crippen LogP contribution in [-0.4, -0.2) is 24.9 Å². The molecule has 0 aromatic heterocycles. The minimum Gasteiger partial charge on any atom is -0.431 e. The quantitative estimate of drug-likeness (QED) is 0.0310. The zero-order chi connectivity index (χ0) is 39.4. The van der Waals surface area contributed by atoms with Crippen LogP contribution in [0.1, 0.15) is 240 Å². The second-order valence-electron chi connectivity index (χ2n) is 15.2. The van der Waals surface area contributed by atoms with Crippen molar-refractivity contribution in [2.75, 3.05) is 0 Å². The highest BCUT2D eigenvalue weighted by Crippen LogP contribution is 2.23. The summed E-state index contributed by atoms with van der Waals surface area (Å²) in [6, 6.07) is 3.63. The number of allylic oxidation sites excluding steroid dienone is 2. The summed E-state index contributed by atoms with van der Waals surface area (Å²) in [6.45, 7) is 4.52. The Hall–Kier alpha value is -2.45. The lowest BCUT2D eigenvalue weighted by Crippen LogP contribution is -2.16. The molecule has 0 amide bonds. The van der Waals surface area contributed by atoms with Crippen molar-refractivity contribution >= 4 is 22.1 Å². The standard InChI is InChI=1S/C46H78O7S/c1-3-5-7-9-11-13-15-17-19-21-23-25-27-29-31-33-35-40-52-45(47)42-38-37-39-43(54(49,50)51)44(42)46(48)53-41-36-34-32-30-28-26-24-22-20-18-16-14-12-10-8-6-4-2/h35-41H,3-34H2,1-2H3,(H,49,50,51)/b40-35+,41-36+. The first-order valence-electron chi connectivity index (χ1n) is 22.1. The Balaban J connectivity index is 2.28. The first-order chi connectivity index (χ1) is 26.3. The Bertz CT molecular complexity index is 1240. The summed E-state index contributed by atoms with van der Waals surface area (Å²) < 4.78 is 44.3. The van der Waals surface area contributed by atoms with Gasteiger partial charge in [0.1, 0.15) is 4.90 Å². The molecule has 0 atom stereocenters. The number of rotatable bonds is 37. The molecule has 0 heterocycles. The Morgan fingerprint density at radius 3 is 1.15 bits per heavy atom. The third-order valence-corrected chi connectivity index (χ3v) is 11.1. The number of carbonyl (C=O) groups is 2. The second kappa shape index (κ2) is 35.0. The van der Waals surface area contributed by atoms with Crippen LogP contribution in [-0.2, 0) is 19.6 Å². The minimum atomic E-state index is -4.80. The molecule has 0 saturated heterocycles. The SMILES string of the molecule is CCCCCCCCCCCCCCCCC/C=C/OC(=O)c1cccc(S(=O)(=O)O)c1C(=O)O/C=C/CCCCCCCCCCCCCCCCC. The highest BCUT2D eigenvalue weighted by Gasteiger charge is 2.28. The molecular weight excluding hydrogens is 697 g/mol. The number of unbranched alkanes of at least 4 members (excludes halogenated alkanes) is 30. The maximum absolute atomic E-state index is 13.0. The largest absolute Gasteiger partial charge is 0.431 e. The molecule has 0 aliphatic rings. The fourth-order valence-corrected chi connectivity index (χ4v) is 7.57. The minimum absolute atomic E-state index is 0.289. The smallest absolute Gasteiger partial charge is 0.345 e. The number of benzene rings is 1. The van der Waals surface area contributed by atoms with Gasteiger partial charge in [-0.3, -0.25) is 4.55 Å². The van der Waals surface area contributed by atoms with E-state index in [1.165, 1.54) is 192 Å². The number of esters is 2. The fraction of sp³-hybridized carbons (Fsp3) is 0.739. The molecule has 1 aromatic rings. The van der Waals surface area contributed by atoms with Crippen molar-refractivity contribution in [2.24, 2.45) is 0 Å². The van der Waals surface area contributed by atoms with Gasteiger partial charge in [0.05, 0.1) is 23.7 Å². The van der Waals surface area contributed by atoms with Crippen LogP contribution in [0, 0.1) is 0 Å². The number of hydrogen-bond donors (Lipinski definition) is 1. The first-order valence-corrected chi connectivity index (χ1v) is 23.6. The molecule has 1 rings (SSSR count). The second-order valence-corrected chi connectivity index (χ2v) is 16.6.